The predicted octanol–water partition coefficient (Wildman–Crippen LogP) is 12.8. The van der Waals surface area contributed by atoms with E-state index in [1.165, 1.54) is 55.1 Å². The van der Waals surface area contributed by atoms with Gasteiger partial charge < -0.3 is 104 Å². The van der Waals surface area contributed by atoms with Gasteiger partial charge in [-0.15, -0.1) is 0 Å². The second-order valence-electron chi connectivity index (χ2n) is 35.8. The fourth-order valence-electron chi connectivity index (χ4n) is 11.8. The number of alkyl carbamates (subject to hydrolysis) is 2. The highest BCUT2D eigenvalue weighted by Crippen LogP contribution is 2.42. The van der Waals surface area contributed by atoms with Crippen molar-refractivity contribution in [2.24, 2.45) is 17.2 Å². The van der Waals surface area contributed by atoms with E-state index in [2.05, 4.69) is 73.1 Å². The van der Waals surface area contributed by atoms with Crippen molar-refractivity contribution in [3.05, 3.63) is 0 Å². The third-order valence-corrected chi connectivity index (χ3v) is 31.4. The van der Waals surface area contributed by atoms with Gasteiger partial charge >= 0.3 is 54.2 Å². The van der Waals surface area contributed by atoms with Crippen LogP contribution in [0, 0.1) is 0 Å². The lowest BCUT2D eigenvalue weighted by molar-refractivity contribution is -0.192. The topological polar surface area (TPSA) is 560 Å². The van der Waals surface area contributed by atoms with Gasteiger partial charge in [0.25, 0.3) is 0 Å². The lowest BCUT2D eigenvalue weighted by Gasteiger charge is -2.26. The number of amides is 9. The van der Waals surface area contributed by atoms with Crippen molar-refractivity contribution in [3.8, 4) is 0 Å². The van der Waals surface area contributed by atoms with Crippen LogP contribution >= 0.6 is 112 Å². The molecule has 4 aliphatic rings. The molecule has 0 aromatic heterocycles. The first-order valence-electron chi connectivity index (χ1n) is 45.5. The average molecular weight is 2100 g/mol. The number of nitrogens with one attached hydrogen (secondary N) is 9. The van der Waals surface area contributed by atoms with Crippen molar-refractivity contribution in [2.45, 2.75) is 387 Å². The van der Waals surface area contributed by atoms with E-state index in [0.29, 0.717) is 99.5 Å². The van der Waals surface area contributed by atoms with Crippen LogP contribution in [0.3, 0.4) is 0 Å². The van der Waals surface area contributed by atoms with E-state index < -0.39 is 125 Å². The van der Waals surface area contributed by atoms with Crippen LogP contribution in [0.25, 0.3) is 0 Å². The number of aliphatic carboxylic acids is 4. The highest BCUT2D eigenvalue weighted by molar-refractivity contribution is 8.78. The Hall–Kier alpha value is -5.18. The Kier molecular flexibility index (Phi) is 72.1. The van der Waals surface area contributed by atoms with E-state index in [1.54, 1.807) is 90.0 Å². The van der Waals surface area contributed by atoms with Crippen LogP contribution in [-0.4, -0.2) is 268 Å². The largest absolute Gasteiger partial charge is 0.490 e. The second-order valence-corrected chi connectivity index (χ2v) is 47.7. The zero-order valence-corrected chi connectivity index (χ0v) is 88.6. The molecule has 48 heteroatoms. The van der Waals surface area contributed by atoms with E-state index >= 15 is 0 Å². The zero-order valence-electron chi connectivity index (χ0n) is 80.3. The number of hydrogen-bond donors (Lipinski definition) is 18. The molecular weight excluding hydrogens is 1950 g/mol. The highest BCUT2D eigenvalue weighted by atomic mass is 33.1. The first kappa shape index (κ1) is 131. The van der Waals surface area contributed by atoms with Crippen LogP contribution in [-0.2, 0) is 81.3 Å². The number of thiol groups is 2. The maximum Gasteiger partial charge on any atom is 0.490 e. The van der Waals surface area contributed by atoms with Crippen LogP contribution in [0.2, 0.25) is 0 Å². The van der Waals surface area contributed by atoms with Crippen LogP contribution in [0.4, 0.5) is 22.8 Å². The van der Waals surface area contributed by atoms with Crippen molar-refractivity contribution >= 4 is 201 Å². The number of halogens is 3. The van der Waals surface area contributed by atoms with Gasteiger partial charge in [-0.3, -0.25) is 47.9 Å². The third kappa shape index (κ3) is 74.8. The number of carbonyl (C=O) groups is 15. The number of unbranched alkanes of at least 4 members (excludes halogenated alkanes) is 4. The van der Waals surface area contributed by atoms with Crippen LogP contribution in [0.15, 0.2) is 0 Å². The van der Waals surface area contributed by atoms with Gasteiger partial charge in [0.2, 0.25) is 41.4 Å². The molecule has 0 radical (unpaired) electrons. The lowest BCUT2D eigenvalue weighted by atomic mass is 10.1. The molecule has 4 saturated heterocycles. The predicted molar refractivity (Wildman–Crippen MR) is 539 cm³/mol. The molecule has 0 aromatic carbocycles. The van der Waals surface area contributed by atoms with Crippen molar-refractivity contribution in [1.82, 2.24) is 47.9 Å². The summed E-state index contributed by atoms with van der Waals surface area (Å²) in [5.74, 6) is -2.82. The van der Waals surface area contributed by atoms with Gasteiger partial charge in [-0.25, -0.2) is 24.0 Å². The molecule has 4 aliphatic heterocycles. The monoisotopic (exact) mass is 2100 g/mol. The summed E-state index contributed by atoms with van der Waals surface area (Å²) in [7, 11) is 15.5. The second kappa shape index (κ2) is 73.9. The number of alkyl halides is 3. The first-order chi connectivity index (χ1) is 62.6. The quantitative estimate of drug-likeness (QED) is 0.00884. The van der Waals surface area contributed by atoms with Gasteiger partial charge in [-0.1, -0.05) is 126 Å². The number of esters is 2. The van der Waals surface area contributed by atoms with Crippen molar-refractivity contribution in [2.75, 3.05) is 60.7 Å². The van der Waals surface area contributed by atoms with Gasteiger partial charge in [0.05, 0.1) is 12.8 Å². The van der Waals surface area contributed by atoms with Gasteiger partial charge in [-0.05, 0) is 218 Å². The van der Waals surface area contributed by atoms with Gasteiger partial charge in [-0.2, -0.15) is 38.4 Å². The highest BCUT2D eigenvalue weighted by Gasteiger charge is 2.39. The summed E-state index contributed by atoms with van der Waals surface area (Å²) in [6, 6.07) is -5.49. The van der Waals surface area contributed by atoms with Crippen LogP contribution in [0.5, 0.6) is 0 Å². The minimum absolute atomic E-state index is 0.0572. The number of carbonyl (C=O) groups excluding carboxylic acids is 11. The molecule has 12 atom stereocenters. The Labute approximate surface area is 832 Å². The van der Waals surface area contributed by atoms with E-state index in [9.17, 15) is 80.3 Å². The van der Waals surface area contributed by atoms with E-state index in [4.69, 9.17) is 61.4 Å². The summed E-state index contributed by atoms with van der Waals surface area (Å²) < 4.78 is 52.8. The summed E-state index contributed by atoms with van der Waals surface area (Å²) in [5.41, 5.74) is 13.9. The number of carboxylic acids is 4. The Balaban J connectivity index is 0. The summed E-state index contributed by atoms with van der Waals surface area (Å²) in [4.78, 5) is 174. The molecule has 0 aliphatic carbocycles. The van der Waals surface area contributed by atoms with Crippen LogP contribution in [0.1, 0.15) is 290 Å². The normalized spacial score (nSPS) is 17.5. The molecule has 4 fully saturated rings. The molecule has 19 N–H and O–H groups in total. The van der Waals surface area contributed by atoms with Crippen molar-refractivity contribution < 1.29 is 124 Å². The summed E-state index contributed by atoms with van der Waals surface area (Å²) in [5, 5.41) is 60.3. The van der Waals surface area contributed by atoms with Crippen LogP contribution < -0.4 is 65.1 Å². The maximum absolute atomic E-state index is 12.7. The molecule has 0 bridgehead atoms. The molecule has 0 saturated carbocycles. The number of rotatable bonds is 53. The molecule has 134 heavy (non-hydrogen) atoms. The molecule has 4 rings (SSSR count). The molecular formula is C86H155F3N12O23S10. The lowest BCUT2D eigenvalue weighted by Crippen LogP contribution is -2.48. The Morgan fingerprint density at radius 3 is 1.06 bits per heavy atom. The molecule has 4 heterocycles. The molecule has 35 nitrogen and oxygen atoms in total. The SMILES string of the molecule is CC(C)(C)OC(=O)NC(CCCN)C(=O)OC(C)(C)C.CCC(NC(=O)CCCCC1CCSS1)C(=O)NCCC(CC(=O)OC(C)(C)C)NC(=O)OC(C)(C)C.CCC(NC(=O)CCCCC1CCSS1)C(=O)O.NC(CCCNC(=O)C(CS)NC(=O)CCCCC1CCSS1)C(=O)O.NC(CCNC(=O)C(CS)NC(=O)CCCCC1CCSS1)CC(=O)O.O=C(O)C(F)(F)F. The van der Waals surface area contributed by atoms with E-state index in [1.807, 2.05) is 93.3 Å². The van der Waals surface area contributed by atoms with E-state index in [0.717, 1.165) is 75.9 Å². The zero-order chi connectivity index (χ0) is 102. The Bertz CT molecular complexity index is 3420. The molecule has 12 unspecified atom stereocenters. The standard InChI is InChI=1S/C26H47N3O6S2.2C16H29N3O4S3.C14H28N2O4.C12H21NO3S2.C2HF3O2/c1-8-20(29-21(30)12-10-9-11-19-14-16-36-37-19)23(32)27-15-13-18(17-22(31)34-25(2,3)4)28-24(33)35-26(5,6)7;17-12(16(22)23)5-3-8-18-15(21)13(10-24)19-14(20)6-2-1-4-11-7-9-25-26-11;17-11(9-15(21)22)5-7-18-16(23)13(10-24)19-14(20)4-2-1-3-12-6-8-25-26-12;1-13(2,3)19-11(17)10(8-7-9-15)16-12(18)20-14(4,5)6;1-2-10(12(15)16)13-11(14)6-4-3-5-9-7-8-17-18-9;3-2(4,5)1(6)7/h18-20H,8-17H2,1-7H3,(H,27,32)(H,28,33)(H,29,30);11-13,24H,1-10,17H2,(H,18,21)(H,19,20)(H,22,23);11-13,24H,1-10,17H2,(H,18,23)(H,19,20)(H,21,22);10H,7-9,15H2,1-6H3,(H,16,18);9-10H,2-8H2,1H3,(H,13,14)(H,15,16);(H,6,7). The molecule has 0 aromatic rings. The van der Waals surface area contributed by atoms with Crippen molar-refractivity contribution in [1.29, 1.82) is 0 Å². The smallest absolute Gasteiger partial charge is 0.481 e. The summed E-state index contributed by atoms with van der Waals surface area (Å²) in [6.45, 7) is 26.0. The summed E-state index contributed by atoms with van der Waals surface area (Å²) in [6.07, 6.45) is 15.4. The fraction of sp³-hybridized carbons (Fsp3) is 0.826. The maximum atomic E-state index is 12.7. The molecule has 0 spiro atoms. The Morgan fingerprint density at radius 1 is 0.403 bits per heavy atom. The number of nitrogens with two attached hydrogens (primary N) is 3. The summed E-state index contributed by atoms with van der Waals surface area (Å²) >= 11 is 8.25. The first-order valence-corrected chi connectivity index (χ1v) is 56.3. The number of hydrogen-bond acceptors (Lipinski definition) is 32. The van der Waals surface area contributed by atoms with Gasteiger partial charge in [0, 0.05) is 113 Å². The van der Waals surface area contributed by atoms with Gasteiger partial charge in [0.1, 0.15) is 58.7 Å². The number of carboxylic acid groups (broad SMARTS) is 4. The van der Waals surface area contributed by atoms with E-state index in [-0.39, 0.29) is 85.2 Å². The molecule has 778 valence electrons. The average Bonchev–Trinajstić information content (AvgIpc) is 1.33. The minimum atomic E-state index is -5.08. The van der Waals surface area contributed by atoms with Crippen molar-refractivity contribution in [3.63, 3.8) is 0 Å². The van der Waals surface area contributed by atoms with Gasteiger partial charge in [0.15, 0.2) is 0 Å². The Morgan fingerprint density at radius 2 is 0.746 bits per heavy atom. The fourth-order valence-corrected chi connectivity index (χ4v) is 24.4. The molecule has 9 amide bonds. The minimum Gasteiger partial charge on any atom is -0.481 e. The number of ether oxygens (including phenoxy) is 4. The third-order valence-electron chi connectivity index (χ3n) is 18.6.